The molecule has 6 heterocycles. The van der Waals surface area contributed by atoms with Crippen LogP contribution < -0.4 is 17.0 Å². The van der Waals surface area contributed by atoms with Crippen LogP contribution in [0.4, 0.5) is 11.8 Å². The first kappa shape index (κ1) is 33.8. The second kappa shape index (κ2) is 12.8. The molecule has 4 aromatic rings. The van der Waals surface area contributed by atoms with Crippen molar-refractivity contribution in [2.24, 2.45) is 0 Å². The highest BCUT2D eigenvalue weighted by molar-refractivity contribution is 8.44. The van der Waals surface area contributed by atoms with Gasteiger partial charge in [-0.3, -0.25) is 32.5 Å². The van der Waals surface area contributed by atoms with Crippen LogP contribution in [-0.4, -0.2) is 118 Å². The number of thiol groups is 1. The highest BCUT2D eigenvalue weighted by atomic mass is 32.7. The van der Waals surface area contributed by atoms with Crippen LogP contribution >= 0.6 is 26.6 Å². The summed E-state index contributed by atoms with van der Waals surface area (Å²) >= 11 is 4.08. The number of ether oxygens (including phenoxy) is 3. The Morgan fingerprint density at radius 3 is 2.32 bits per heavy atom. The third-order valence-electron chi connectivity index (χ3n) is 7.42. The number of nitrogen functional groups attached to an aromatic ring is 2. The van der Waals surface area contributed by atoms with Crippen LogP contribution in [0, 0.1) is 0 Å². The van der Waals surface area contributed by atoms with Gasteiger partial charge in [0.25, 0.3) is 5.56 Å². The number of H-pyrrole nitrogens is 1. The molecule has 25 heteroatoms. The fraction of sp³-hybridized carbons (Fsp3) is 0.545. The van der Waals surface area contributed by atoms with Crippen molar-refractivity contribution in [2.75, 3.05) is 38.5 Å². The number of anilines is 2. The van der Waals surface area contributed by atoms with Gasteiger partial charge in [-0.25, -0.2) is 24.5 Å². The molecule has 6 rings (SSSR count). The van der Waals surface area contributed by atoms with Crippen molar-refractivity contribution in [3.05, 3.63) is 29.3 Å². The minimum atomic E-state index is -4.37. The van der Waals surface area contributed by atoms with Crippen molar-refractivity contribution in [1.29, 1.82) is 0 Å². The van der Waals surface area contributed by atoms with Crippen molar-refractivity contribution in [1.82, 2.24) is 39.0 Å². The number of aromatic nitrogens is 8. The number of nitrogens with two attached hydrogens (primary N) is 2. The third kappa shape index (κ3) is 6.67. The van der Waals surface area contributed by atoms with Crippen molar-refractivity contribution in [3.63, 3.8) is 0 Å². The van der Waals surface area contributed by atoms with E-state index in [1.807, 2.05) is 0 Å². The van der Waals surface area contributed by atoms with Crippen LogP contribution in [0.3, 0.4) is 0 Å². The highest BCUT2D eigenvalue weighted by Gasteiger charge is 2.51. The summed E-state index contributed by atoms with van der Waals surface area (Å²) in [5.41, 5.74) is 11.4. The molecule has 4 unspecified atom stereocenters. The fourth-order valence-corrected chi connectivity index (χ4v) is 7.20. The zero-order chi connectivity index (χ0) is 33.8. The number of rotatable bonds is 11. The molecule has 0 radical (unpaired) electrons. The lowest BCUT2D eigenvalue weighted by molar-refractivity contribution is -0.0565. The average molecular weight is 721 g/mol. The van der Waals surface area contributed by atoms with E-state index >= 15 is 0 Å². The maximum atomic E-state index is 13.6. The van der Waals surface area contributed by atoms with Gasteiger partial charge < -0.3 is 45.3 Å². The van der Waals surface area contributed by atoms with E-state index in [1.54, 1.807) is 0 Å². The van der Waals surface area contributed by atoms with E-state index in [0.717, 1.165) is 6.66 Å². The predicted octanol–water partition coefficient (Wildman–Crippen LogP) is -1.07. The van der Waals surface area contributed by atoms with Gasteiger partial charge in [0.05, 0.1) is 25.9 Å². The molecule has 256 valence electrons. The van der Waals surface area contributed by atoms with Crippen molar-refractivity contribution < 1.29 is 52.0 Å². The molecule has 0 aromatic carbocycles. The standard InChI is InChI=1S/C22H30N10O12P2S/c1-39-15-14(9(4-40-45(2,36)37)43-21(15)31-6-27-10-16(23)25-5-26-17(10)31)44-46(38,47)41-3-8-12(33)13(34)20(42-8)32-7-28-11-18(32)29-22(24)30-19(11)35/h5-9,12-15,20-21,33-34H,3-4H2,1-2H3,(H,36,37)(H,38,47)(H2,23,25,26)(H3,24,29,30,35)/t8-,9-,12?,13+,14?,15+,20-,21-,46?/m1/s1. The minimum absolute atomic E-state index is 0.0127. The van der Waals surface area contributed by atoms with Gasteiger partial charge in [0.15, 0.2) is 35.1 Å². The van der Waals surface area contributed by atoms with Gasteiger partial charge in [-0.2, -0.15) is 4.98 Å². The summed E-state index contributed by atoms with van der Waals surface area (Å²) in [4.78, 5) is 44.5. The monoisotopic (exact) mass is 720 g/mol. The topological polar surface area (TPSA) is 309 Å². The lowest BCUT2D eigenvalue weighted by Gasteiger charge is -2.26. The Hall–Kier alpha value is -3.05. The molecule has 2 aliphatic rings. The van der Waals surface area contributed by atoms with E-state index in [-0.39, 0.29) is 34.1 Å². The second-order valence-electron chi connectivity index (χ2n) is 10.6. The molecular weight excluding hydrogens is 690 g/mol. The van der Waals surface area contributed by atoms with Gasteiger partial charge in [-0.05, 0) is 0 Å². The van der Waals surface area contributed by atoms with Crippen LogP contribution in [-0.2, 0) is 36.9 Å². The SMILES string of the molecule is CO[C@H]1C(OP(=O)(S)OC[C@H]2O[C@@H](n3cnc4c(=O)[nH]c(N)nc43)[C@@H](O)C2O)[C@@H](COP(C)(=O)O)O[C@H]1n1cnc2c(N)ncnc21. The van der Waals surface area contributed by atoms with Gasteiger partial charge in [-0.1, -0.05) is 12.2 Å². The number of hydrogen-bond donors (Lipinski definition) is 7. The lowest BCUT2D eigenvalue weighted by atomic mass is 10.1. The Morgan fingerprint density at radius 1 is 0.957 bits per heavy atom. The van der Waals surface area contributed by atoms with E-state index < -0.39 is 82.2 Å². The number of nitrogens with one attached hydrogen (secondary N) is 1. The first-order chi connectivity index (χ1) is 22.2. The summed E-state index contributed by atoms with van der Waals surface area (Å²) in [6.45, 7) is -4.50. The molecule has 4 aromatic heterocycles. The molecule has 2 saturated heterocycles. The van der Waals surface area contributed by atoms with E-state index in [1.165, 1.54) is 35.2 Å². The summed E-state index contributed by atoms with van der Waals surface area (Å²) in [6.07, 6.45) is -6.47. The molecule has 0 bridgehead atoms. The Kier molecular flexibility index (Phi) is 9.19. The molecule has 8 N–H and O–H groups in total. The number of aliphatic hydroxyl groups is 2. The number of methoxy groups -OCH3 is 1. The van der Waals surface area contributed by atoms with Crippen LogP contribution in [0.5, 0.6) is 0 Å². The van der Waals surface area contributed by atoms with E-state index in [2.05, 4.69) is 42.2 Å². The van der Waals surface area contributed by atoms with Gasteiger partial charge in [-0.15, -0.1) is 0 Å². The Morgan fingerprint density at radius 2 is 1.62 bits per heavy atom. The lowest BCUT2D eigenvalue weighted by Crippen LogP contribution is -2.37. The number of nitrogens with zero attached hydrogens (tertiary/aromatic N) is 7. The smallest absolute Gasteiger partial charge is 0.386 e. The number of aliphatic hydroxyl groups excluding tert-OH is 2. The molecule has 2 aliphatic heterocycles. The molecule has 2 fully saturated rings. The Balaban J connectivity index is 1.20. The fourth-order valence-electron chi connectivity index (χ4n) is 5.29. The van der Waals surface area contributed by atoms with Gasteiger partial charge in [0.2, 0.25) is 5.95 Å². The van der Waals surface area contributed by atoms with Crippen LogP contribution in [0.25, 0.3) is 22.3 Å². The Labute approximate surface area is 268 Å². The largest absolute Gasteiger partial charge is 0.387 e. The predicted molar refractivity (Wildman–Crippen MR) is 162 cm³/mol. The summed E-state index contributed by atoms with van der Waals surface area (Å²) in [5.74, 6) is -0.103. The molecule has 22 nitrogen and oxygen atoms in total. The normalized spacial score (nSPS) is 30.6. The number of imidazole rings is 2. The minimum Gasteiger partial charge on any atom is -0.387 e. The second-order valence-corrected chi connectivity index (χ2v) is 15.3. The zero-order valence-corrected chi connectivity index (χ0v) is 27.1. The maximum Gasteiger partial charge on any atom is 0.386 e. The first-order valence-electron chi connectivity index (χ1n) is 13.6. The Bertz CT molecular complexity index is 1940. The molecule has 0 saturated carbocycles. The number of hydrogen-bond acceptors (Lipinski definition) is 18. The van der Waals surface area contributed by atoms with Crippen LogP contribution in [0.15, 0.2) is 23.8 Å². The molecular formula is C22H30N10O12P2S. The van der Waals surface area contributed by atoms with Gasteiger partial charge >= 0.3 is 14.4 Å². The molecule has 0 spiro atoms. The van der Waals surface area contributed by atoms with Crippen LogP contribution in [0.2, 0.25) is 0 Å². The first-order valence-corrected chi connectivity index (χ1v) is 18.3. The molecule has 47 heavy (non-hydrogen) atoms. The summed E-state index contributed by atoms with van der Waals surface area (Å²) in [7, 11) is -2.67. The summed E-state index contributed by atoms with van der Waals surface area (Å²) in [6, 6.07) is 0. The van der Waals surface area contributed by atoms with E-state index in [4.69, 9.17) is 39.2 Å². The van der Waals surface area contributed by atoms with E-state index in [0.29, 0.717) is 0 Å². The van der Waals surface area contributed by atoms with E-state index in [9.17, 15) is 29.0 Å². The maximum absolute atomic E-state index is 13.6. The quantitative estimate of drug-likeness (QED) is 0.0716. The van der Waals surface area contributed by atoms with Gasteiger partial charge in [0, 0.05) is 13.8 Å². The average Bonchev–Trinajstić information content (AvgIpc) is 3.75. The summed E-state index contributed by atoms with van der Waals surface area (Å²) in [5, 5.41) is 21.4. The third-order valence-corrected chi connectivity index (χ3v) is 9.66. The zero-order valence-electron chi connectivity index (χ0n) is 24.4. The summed E-state index contributed by atoms with van der Waals surface area (Å²) < 4.78 is 62.0. The number of aromatic amines is 1. The van der Waals surface area contributed by atoms with Gasteiger partial charge in [0.1, 0.15) is 48.5 Å². The highest BCUT2D eigenvalue weighted by Crippen LogP contribution is 2.57. The van der Waals surface area contributed by atoms with Crippen molar-refractivity contribution in [3.8, 4) is 0 Å². The molecule has 0 amide bonds. The number of fused-ring (bicyclic) bond motifs is 2. The van der Waals surface area contributed by atoms with Crippen LogP contribution in [0.1, 0.15) is 12.5 Å². The molecule has 0 aliphatic carbocycles. The van der Waals surface area contributed by atoms with Crippen molar-refractivity contribution in [2.45, 2.75) is 49.1 Å². The van der Waals surface area contributed by atoms with Crippen molar-refractivity contribution >= 4 is 60.7 Å². The molecule has 10 atom stereocenters.